The van der Waals surface area contributed by atoms with Gasteiger partial charge in [-0.2, -0.15) is 4.31 Å². The van der Waals surface area contributed by atoms with E-state index < -0.39 is 39.9 Å². The van der Waals surface area contributed by atoms with Gasteiger partial charge in [0.1, 0.15) is 18.2 Å². The zero-order valence-electron chi connectivity index (χ0n) is 28.7. The quantitative estimate of drug-likeness (QED) is 0.121. The van der Waals surface area contributed by atoms with Gasteiger partial charge in [0.15, 0.2) is 11.6 Å². The number of quaternary nitrogens is 1. The van der Waals surface area contributed by atoms with Crippen LogP contribution in [0.2, 0.25) is 5.02 Å². The summed E-state index contributed by atoms with van der Waals surface area (Å²) < 4.78 is 44.8. The highest BCUT2D eigenvalue weighted by Gasteiger charge is 2.46. The molecule has 2 amide bonds. The van der Waals surface area contributed by atoms with E-state index in [4.69, 9.17) is 31.2 Å². The number of aromatic nitrogens is 1. The van der Waals surface area contributed by atoms with E-state index in [0.717, 1.165) is 5.56 Å². The maximum Gasteiger partial charge on any atom is 0.317 e. The molecule has 52 heavy (non-hydrogen) atoms. The number of oxazole rings is 1. The molecule has 276 valence electrons. The van der Waals surface area contributed by atoms with Crippen molar-refractivity contribution in [1.82, 2.24) is 14.6 Å². The number of likely N-dealkylation sites (tertiary alicyclic amines) is 1. The Balaban J connectivity index is 1.18. The van der Waals surface area contributed by atoms with Gasteiger partial charge in [-0.15, -0.1) is 0 Å². The van der Waals surface area contributed by atoms with E-state index in [0.29, 0.717) is 65.6 Å². The summed E-state index contributed by atoms with van der Waals surface area (Å²) in [5, 5.41) is 3.51. The van der Waals surface area contributed by atoms with Crippen molar-refractivity contribution in [2.45, 2.75) is 61.8 Å². The molecule has 1 aromatic heterocycles. The first kappa shape index (κ1) is 37.7. The van der Waals surface area contributed by atoms with Crippen LogP contribution in [0.4, 0.5) is 0 Å². The van der Waals surface area contributed by atoms with E-state index in [2.05, 4.69) is 10.3 Å². The average Bonchev–Trinajstić information content (AvgIpc) is 3.80. The van der Waals surface area contributed by atoms with Crippen LogP contribution in [0, 0.1) is 0 Å². The van der Waals surface area contributed by atoms with Crippen LogP contribution in [0.3, 0.4) is 0 Å². The standard InChI is InChI=1S/C37H42ClN5O8S/c38-27-12-8-26(9-13-27)24-50-28-22-32(36(46)40-31(6-3-4-16-39)35(45)37-41-30-5-1-2-7-33(30)51-37)43(23-28)34(44)21-25-10-14-29(15-11-25)52(47,48)42-17-19-49-20-18-42/h1-2,5,7-15,28,31-32H,3-4,6,16-24,39H2,(H,40,46)/p+1. The van der Waals surface area contributed by atoms with Gasteiger partial charge in [-0.05, 0) is 73.3 Å². The Kier molecular flexibility index (Phi) is 12.5. The maximum absolute atomic E-state index is 14.1. The zero-order chi connectivity index (χ0) is 36.7. The first-order valence-electron chi connectivity index (χ1n) is 17.4. The van der Waals surface area contributed by atoms with Crippen molar-refractivity contribution in [3.8, 4) is 0 Å². The van der Waals surface area contributed by atoms with Crippen molar-refractivity contribution in [2.75, 3.05) is 39.4 Å². The predicted octanol–water partition coefficient (Wildman–Crippen LogP) is 2.31. The molecule has 0 bridgehead atoms. The Bertz CT molecular complexity index is 1930. The van der Waals surface area contributed by atoms with Gasteiger partial charge >= 0.3 is 5.91 Å². The Morgan fingerprint density at radius 3 is 2.42 bits per heavy atom. The fourth-order valence-electron chi connectivity index (χ4n) is 6.55. The molecule has 4 unspecified atom stereocenters. The molecule has 6 rings (SSSR count). The van der Waals surface area contributed by atoms with E-state index >= 15 is 0 Å². The highest BCUT2D eigenvalue weighted by molar-refractivity contribution is 7.89. The lowest BCUT2D eigenvalue weighted by molar-refractivity contribution is -0.825. The van der Waals surface area contributed by atoms with E-state index in [1.807, 2.05) is 12.1 Å². The van der Waals surface area contributed by atoms with Crippen LogP contribution in [0.15, 0.2) is 82.1 Å². The predicted molar refractivity (Wildman–Crippen MR) is 192 cm³/mol. The van der Waals surface area contributed by atoms with Crippen molar-refractivity contribution in [2.24, 2.45) is 5.73 Å². The number of amides is 2. The Hall–Kier alpha value is -4.02. The van der Waals surface area contributed by atoms with Gasteiger partial charge in [-0.25, -0.2) is 18.2 Å². The second kappa shape index (κ2) is 17.2. The lowest BCUT2D eigenvalue weighted by Crippen LogP contribution is -3.18. The summed E-state index contributed by atoms with van der Waals surface area (Å²) in [4.78, 5) is 46.6. The van der Waals surface area contributed by atoms with Gasteiger partial charge in [-0.3, -0.25) is 14.5 Å². The summed E-state index contributed by atoms with van der Waals surface area (Å²) in [6.07, 6.45) is 1.31. The van der Waals surface area contributed by atoms with Crippen LogP contribution in [0.5, 0.6) is 0 Å². The summed E-state index contributed by atoms with van der Waals surface area (Å²) in [7, 11) is -3.70. The number of sulfonamides is 1. The average molecular weight is 753 g/mol. The number of unbranched alkanes of at least 4 members (excludes halogenated alkanes) is 1. The second-order valence-corrected chi connectivity index (χ2v) is 15.4. The number of carbonyl (C=O) groups is 3. The minimum Gasteiger partial charge on any atom is -0.434 e. The maximum atomic E-state index is 14.1. The molecule has 0 saturated carbocycles. The van der Waals surface area contributed by atoms with Crippen LogP contribution >= 0.6 is 11.6 Å². The fraction of sp³-hybridized carbons (Fsp3) is 0.405. The molecule has 2 aliphatic heterocycles. The molecule has 0 aliphatic carbocycles. The third-order valence-electron chi connectivity index (χ3n) is 9.42. The molecule has 13 nitrogen and oxygen atoms in total. The van der Waals surface area contributed by atoms with Gasteiger partial charge in [0.25, 0.3) is 11.8 Å². The van der Waals surface area contributed by atoms with Crippen molar-refractivity contribution < 1.29 is 41.6 Å². The lowest BCUT2D eigenvalue weighted by Gasteiger charge is -2.26. The SMILES string of the molecule is NCCCCC(NC(=O)C1CC(OCc2ccc(Cl)cc2)C[NH+]1C(=O)Cc1ccc(S(=O)(=O)N2CCOCC2)cc1)C(=O)c1nc2ccccc2o1. The highest BCUT2D eigenvalue weighted by atomic mass is 35.5. The minimum absolute atomic E-state index is 0.0390. The molecule has 4 N–H and O–H groups in total. The monoisotopic (exact) mass is 752 g/mol. The van der Waals surface area contributed by atoms with E-state index in [9.17, 15) is 22.8 Å². The Labute approximate surface area is 307 Å². The fourth-order valence-corrected chi connectivity index (χ4v) is 8.08. The van der Waals surface area contributed by atoms with Gasteiger partial charge in [-0.1, -0.05) is 48.0 Å². The number of Topliss-reactive ketones (excluding diaryl/α,β-unsaturated/α-hetero) is 1. The number of fused-ring (bicyclic) bond motifs is 1. The van der Waals surface area contributed by atoms with Crippen LogP contribution in [0.1, 0.15) is 47.5 Å². The number of halogens is 1. The number of nitrogens with one attached hydrogen (secondary N) is 2. The minimum atomic E-state index is -3.70. The molecule has 2 aliphatic rings. The van der Waals surface area contributed by atoms with Gasteiger partial charge < -0.3 is 24.9 Å². The third kappa shape index (κ3) is 9.12. The normalized spacial score (nSPS) is 20.2. The molecule has 2 saturated heterocycles. The van der Waals surface area contributed by atoms with Crippen LogP contribution in [-0.2, 0) is 42.1 Å². The van der Waals surface area contributed by atoms with E-state index in [1.54, 1.807) is 48.5 Å². The molecular weight excluding hydrogens is 710 g/mol. The van der Waals surface area contributed by atoms with Crippen molar-refractivity contribution in [3.63, 3.8) is 0 Å². The number of ketones is 1. The number of benzene rings is 3. The molecule has 2 fully saturated rings. The molecule has 3 aromatic carbocycles. The van der Waals surface area contributed by atoms with Crippen molar-refractivity contribution in [1.29, 1.82) is 0 Å². The van der Waals surface area contributed by atoms with Crippen LogP contribution in [-0.4, -0.2) is 92.9 Å². The zero-order valence-corrected chi connectivity index (χ0v) is 30.2. The number of rotatable bonds is 15. The first-order chi connectivity index (χ1) is 25.1. The number of para-hydroxylation sites is 2. The second-order valence-electron chi connectivity index (χ2n) is 13.0. The number of morpholine rings is 1. The number of hydrogen-bond acceptors (Lipinski definition) is 10. The summed E-state index contributed by atoms with van der Waals surface area (Å²) in [6, 6.07) is 18.7. The number of carbonyl (C=O) groups excluding carboxylic acids is 3. The summed E-state index contributed by atoms with van der Waals surface area (Å²) in [6.45, 7) is 2.14. The summed E-state index contributed by atoms with van der Waals surface area (Å²) >= 11 is 6.04. The number of ether oxygens (including phenoxy) is 2. The first-order valence-corrected chi connectivity index (χ1v) is 19.3. The largest absolute Gasteiger partial charge is 0.434 e. The smallest absolute Gasteiger partial charge is 0.317 e. The lowest BCUT2D eigenvalue weighted by atomic mass is 10.0. The molecule has 15 heteroatoms. The number of nitrogens with two attached hydrogens (primary N) is 1. The molecule has 3 heterocycles. The molecule has 0 radical (unpaired) electrons. The topological polar surface area (TPSA) is 176 Å². The van der Waals surface area contributed by atoms with E-state index in [1.165, 1.54) is 16.4 Å². The molecule has 4 atom stereocenters. The third-order valence-corrected chi connectivity index (χ3v) is 11.6. The Morgan fingerprint density at radius 1 is 1.00 bits per heavy atom. The van der Waals surface area contributed by atoms with E-state index in [-0.39, 0.29) is 55.8 Å². The highest BCUT2D eigenvalue weighted by Crippen LogP contribution is 2.20. The van der Waals surface area contributed by atoms with Gasteiger partial charge in [0.2, 0.25) is 15.8 Å². The van der Waals surface area contributed by atoms with Gasteiger partial charge in [0, 0.05) is 24.5 Å². The molecule has 0 spiro atoms. The molecule has 4 aromatic rings. The summed E-state index contributed by atoms with van der Waals surface area (Å²) in [5.41, 5.74) is 8.21. The van der Waals surface area contributed by atoms with Crippen LogP contribution < -0.4 is 16.0 Å². The number of nitrogens with zero attached hydrogens (tertiary/aromatic N) is 2. The number of hydrogen-bond donors (Lipinski definition) is 3. The van der Waals surface area contributed by atoms with Crippen LogP contribution in [0.25, 0.3) is 11.1 Å². The summed E-state index contributed by atoms with van der Waals surface area (Å²) in [5.74, 6) is -1.29. The Morgan fingerprint density at radius 2 is 1.71 bits per heavy atom. The molecular formula is C37H43ClN5O8S+. The van der Waals surface area contributed by atoms with Crippen molar-refractivity contribution >= 4 is 50.3 Å². The van der Waals surface area contributed by atoms with Gasteiger partial charge in [0.05, 0.1) is 37.2 Å². The van der Waals surface area contributed by atoms with Crippen molar-refractivity contribution in [3.05, 3.63) is 94.8 Å².